The van der Waals surface area contributed by atoms with E-state index in [1.54, 1.807) is 12.4 Å². The second kappa shape index (κ2) is 7.82. The molecule has 3 aromatic rings. The standard InChI is InChI=1S/C24H26N4O/c29-24(27-21-13-18-6-3-4-8-22(18)25-15-21)19-9-10-23(26-14-19)28-12-11-17-5-1-2-7-20(17)16-28/h3-4,6,8-10,13-15,17,20H,1-2,5,7,11-12,16H2,(H,27,29)/t17-,20+/m0/s1. The van der Waals surface area contributed by atoms with E-state index in [9.17, 15) is 4.79 Å². The number of amides is 1. The number of benzene rings is 1. The molecule has 2 atom stereocenters. The fourth-order valence-corrected chi connectivity index (χ4v) is 4.86. The van der Waals surface area contributed by atoms with Crippen LogP contribution in [0.4, 0.5) is 11.5 Å². The number of pyridine rings is 2. The monoisotopic (exact) mass is 386 g/mol. The van der Waals surface area contributed by atoms with Crippen molar-refractivity contribution < 1.29 is 4.79 Å². The van der Waals surface area contributed by atoms with Crippen molar-refractivity contribution in [3.63, 3.8) is 0 Å². The molecule has 0 spiro atoms. The van der Waals surface area contributed by atoms with Crippen LogP contribution in [-0.2, 0) is 0 Å². The van der Waals surface area contributed by atoms with Crippen molar-refractivity contribution >= 4 is 28.3 Å². The molecule has 1 saturated heterocycles. The van der Waals surface area contributed by atoms with E-state index in [0.29, 0.717) is 11.3 Å². The Kier molecular flexibility index (Phi) is 4.88. The molecule has 1 amide bonds. The van der Waals surface area contributed by atoms with Gasteiger partial charge in [-0.15, -0.1) is 0 Å². The molecular formula is C24H26N4O. The summed E-state index contributed by atoms with van der Waals surface area (Å²) in [6, 6.07) is 13.7. The first-order valence-electron chi connectivity index (χ1n) is 10.6. The van der Waals surface area contributed by atoms with E-state index < -0.39 is 0 Å². The molecule has 148 valence electrons. The lowest BCUT2D eigenvalue weighted by Crippen LogP contribution is -2.42. The molecule has 2 fully saturated rings. The van der Waals surface area contributed by atoms with Gasteiger partial charge >= 0.3 is 0 Å². The molecule has 0 radical (unpaired) electrons. The predicted molar refractivity (Wildman–Crippen MR) is 116 cm³/mol. The van der Waals surface area contributed by atoms with Crippen LogP contribution in [-0.4, -0.2) is 29.0 Å². The number of hydrogen-bond acceptors (Lipinski definition) is 4. The van der Waals surface area contributed by atoms with Gasteiger partial charge in [0.1, 0.15) is 5.82 Å². The summed E-state index contributed by atoms with van der Waals surface area (Å²) in [6.45, 7) is 2.18. The third-order valence-electron chi connectivity index (χ3n) is 6.47. The van der Waals surface area contributed by atoms with Gasteiger partial charge in [0.25, 0.3) is 5.91 Å². The Morgan fingerprint density at radius 1 is 0.966 bits per heavy atom. The zero-order chi connectivity index (χ0) is 19.6. The highest BCUT2D eigenvalue weighted by molar-refractivity contribution is 6.04. The van der Waals surface area contributed by atoms with Crippen molar-refractivity contribution in [1.82, 2.24) is 9.97 Å². The summed E-state index contributed by atoms with van der Waals surface area (Å²) in [4.78, 5) is 24.0. The number of hydrogen-bond donors (Lipinski definition) is 1. The predicted octanol–water partition coefficient (Wildman–Crippen LogP) is 4.90. The number of carbonyl (C=O) groups is 1. The van der Waals surface area contributed by atoms with Gasteiger partial charge in [0.15, 0.2) is 0 Å². The minimum absolute atomic E-state index is 0.160. The summed E-state index contributed by atoms with van der Waals surface area (Å²) in [6.07, 6.45) is 10.2. The van der Waals surface area contributed by atoms with Gasteiger partial charge in [0.05, 0.1) is 23.0 Å². The highest BCUT2D eigenvalue weighted by Gasteiger charge is 2.31. The van der Waals surface area contributed by atoms with E-state index >= 15 is 0 Å². The van der Waals surface area contributed by atoms with Crippen LogP contribution in [0.2, 0.25) is 0 Å². The molecule has 0 bridgehead atoms. The summed E-state index contributed by atoms with van der Waals surface area (Å²) >= 11 is 0. The number of para-hydroxylation sites is 1. The fraction of sp³-hybridized carbons (Fsp3) is 0.375. The molecule has 1 saturated carbocycles. The number of piperidine rings is 1. The highest BCUT2D eigenvalue weighted by atomic mass is 16.1. The van der Waals surface area contributed by atoms with Crippen molar-refractivity contribution in [3.8, 4) is 0 Å². The first-order chi connectivity index (χ1) is 14.3. The maximum Gasteiger partial charge on any atom is 0.257 e. The molecule has 5 rings (SSSR count). The molecule has 2 aromatic heterocycles. The lowest BCUT2D eigenvalue weighted by Gasteiger charge is -2.41. The number of aromatic nitrogens is 2. The highest BCUT2D eigenvalue weighted by Crippen LogP contribution is 2.37. The molecular weight excluding hydrogens is 360 g/mol. The zero-order valence-electron chi connectivity index (χ0n) is 16.6. The summed E-state index contributed by atoms with van der Waals surface area (Å²) in [5.41, 5.74) is 2.17. The first-order valence-corrected chi connectivity index (χ1v) is 10.6. The third-order valence-corrected chi connectivity index (χ3v) is 6.47. The minimum atomic E-state index is -0.160. The van der Waals surface area contributed by atoms with E-state index in [0.717, 1.165) is 41.6 Å². The van der Waals surface area contributed by atoms with Gasteiger partial charge in [-0.2, -0.15) is 0 Å². The molecule has 3 heterocycles. The minimum Gasteiger partial charge on any atom is -0.356 e. The maximum absolute atomic E-state index is 12.6. The number of rotatable bonds is 3. The summed E-state index contributed by atoms with van der Waals surface area (Å²) in [5.74, 6) is 2.54. The average Bonchev–Trinajstić information content (AvgIpc) is 2.79. The molecule has 2 aliphatic rings. The summed E-state index contributed by atoms with van der Waals surface area (Å²) in [7, 11) is 0. The number of nitrogens with one attached hydrogen (secondary N) is 1. The maximum atomic E-state index is 12.6. The van der Waals surface area contributed by atoms with Crippen molar-refractivity contribution in [2.45, 2.75) is 32.1 Å². The van der Waals surface area contributed by atoms with Crippen LogP contribution < -0.4 is 10.2 Å². The lowest BCUT2D eigenvalue weighted by molar-refractivity contribution is 0.102. The smallest absolute Gasteiger partial charge is 0.257 e. The third kappa shape index (κ3) is 3.82. The largest absolute Gasteiger partial charge is 0.356 e. The quantitative estimate of drug-likeness (QED) is 0.696. The van der Waals surface area contributed by atoms with Gasteiger partial charge in [-0.3, -0.25) is 9.78 Å². The van der Waals surface area contributed by atoms with Gasteiger partial charge < -0.3 is 10.2 Å². The van der Waals surface area contributed by atoms with Crippen molar-refractivity contribution in [2.24, 2.45) is 11.8 Å². The SMILES string of the molecule is O=C(Nc1cnc2ccccc2c1)c1ccc(N2CC[C@@H]3CCCC[C@@H]3C2)nc1. The van der Waals surface area contributed by atoms with Crippen LogP contribution in [0.5, 0.6) is 0 Å². The van der Waals surface area contributed by atoms with E-state index in [4.69, 9.17) is 0 Å². The van der Waals surface area contributed by atoms with Crippen molar-refractivity contribution in [1.29, 1.82) is 0 Å². The van der Waals surface area contributed by atoms with E-state index in [1.165, 1.54) is 32.1 Å². The summed E-state index contributed by atoms with van der Waals surface area (Å²) < 4.78 is 0. The van der Waals surface area contributed by atoms with Gasteiger partial charge in [-0.05, 0) is 48.9 Å². The van der Waals surface area contributed by atoms with Gasteiger partial charge in [-0.25, -0.2) is 4.98 Å². The number of nitrogens with zero attached hydrogens (tertiary/aromatic N) is 3. The Labute approximate surface area is 171 Å². The van der Waals surface area contributed by atoms with Gasteiger partial charge in [-0.1, -0.05) is 37.5 Å². The molecule has 1 aromatic carbocycles. The molecule has 5 nitrogen and oxygen atoms in total. The zero-order valence-corrected chi connectivity index (χ0v) is 16.6. The van der Waals surface area contributed by atoms with Crippen LogP contribution in [0.25, 0.3) is 10.9 Å². The van der Waals surface area contributed by atoms with Crippen molar-refractivity contribution in [3.05, 3.63) is 60.4 Å². The molecule has 0 unspecified atom stereocenters. The van der Waals surface area contributed by atoms with E-state index in [-0.39, 0.29) is 5.91 Å². The number of fused-ring (bicyclic) bond motifs is 2. The average molecular weight is 386 g/mol. The van der Waals surface area contributed by atoms with Gasteiger partial charge in [0.2, 0.25) is 0 Å². The van der Waals surface area contributed by atoms with Crippen LogP contribution in [0.15, 0.2) is 54.9 Å². The van der Waals surface area contributed by atoms with E-state index in [1.807, 2.05) is 42.5 Å². The van der Waals surface area contributed by atoms with E-state index in [2.05, 4.69) is 20.2 Å². The first kappa shape index (κ1) is 18.1. The number of anilines is 2. The fourth-order valence-electron chi connectivity index (χ4n) is 4.86. The number of carbonyl (C=O) groups excluding carboxylic acids is 1. The van der Waals surface area contributed by atoms with Crippen molar-refractivity contribution in [2.75, 3.05) is 23.3 Å². The molecule has 1 aliphatic carbocycles. The lowest BCUT2D eigenvalue weighted by atomic mass is 9.75. The Morgan fingerprint density at radius 3 is 2.69 bits per heavy atom. The Bertz CT molecular complexity index is 1020. The molecule has 1 aliphatic heterocycles. The summed E-state index contributed by atoms with van der Waals surface area (Å²) in [5, 5.41) is 3.94. The molecule has 5 heteroatoms. The topological polar surface area (TPSA) is 58.1 Å². The molecule has 29 heavy (non-hydrogen) atoms. The second-order valence-electron chi connectivity index (χ2n) is 8.32. The second-order valence-corrected chi connectivity index (χ2v) is 8.32. The van der Waals surface area contributed by atoms with Gasteiger partial charge in [0, 0.05) is 24.7 Å². The Morgan fingerprint density at radius 2 is 1.83 bits per heavy atom. The van der Waals surface area contributed by atoms with Crippen LogP contribution in [0, 0.1) is 11.8 Å². The van der Waals surface area contributed by atoms with Crippen LogP contribution in [0.1, 0.15) is 42.5 Å². The Hall–Kier alpha value is -2.95. The molecule has 1 N–H and O–H groups in total. The normalized spacial score (nSPS) is 21.6. The van der Waals surface area contributed by atoms with Crippen LogP contribution in [0.3, 0.4) is 0 Å². The van der Waals surface area contributed by atoms with Crippen LogP contribution >= 0.6 is 0 Å². The Balaban J connectivity index is 1.26.